The van der Waals surface area contributed by atoms with Gasteiger partial charge in [-0.1, -0.05) is 59.6 Å². The zero-order valence-electron chi connectivity index (χ0n) is 24.7. The van der Waals surface area contributed by atoms with Crippen molar-refractivity contribution in [2.75, 3.05) is 10.8 Å². The molecule has 0 aromatic heterocycles. The van der Waals surface area contributed by atoms with Crippen LogP contribution in [0.25, 0.3) is 0 Å². The molecule has 2 heterocycles. The van der Waals surface area contributed by atoms with Gasteiger partial charge in [0.2, 0.25) is 10.0 Å². The van der Waals surface area contributed by atoms with E-state index < -0.39 is 45.4 Å². The second-order valence-corrected chi connectivity index (χ2v) is 15.1. The Morgan fingerprint density at radius 3 is 2.39 bits per heavy atom. The van der Waals surface area contributed by atoms with Crippen molar-refractivity contribution in [3.8, 4) is 0 Å². The number of ether oxygens (including phenoxy) is 1. The molecule has 46 heavy (non-hydrogen) atoms. The first kappa shape index (κ1) is 31.2. The Balaban J connectivity index is 1.37. The molecule has 4 atom stereocenters. The van der Waals surface area contributed by atoms with E-state index in [1.807, 2.05) is 30.3 Å². The highest BCUT2D eigenvalue weighted by atomic mass is 35.5. The summed E-state index contributed by atoms with van der Waals surface area (Å²) >= 11 is 12.8. The van der Waals surface area contributed by atoms with E-state index >= 15 is 4.39 Å². The first-order chi connectivity index (χ1) is 22.2. The second-order valence-electron chi connectivity index (χ2n) is 12.1. The van der Waals surface area contributed by atoms with Crippen molar-refractivity contribution in [2.24, 2.45) is 11.0 Å². The summed E-state index contributed by atoms with van der Waals surface area (Å²) in [5.41, 5.74) is 9.68. The molecule has 0 radical (unpaired) electrons. The van der Waals surface area contributed by atoms with Gasteiger partial charge in [-0.3, -0.25) is 14.5 Å². The number of nitrogens with one attached hydrogen (secondary N) is 3. The molecule has 3 N–H and O–H groups in total. The molecule has 2 aliphatic heterocycles. The molecule has 1 amide bonds. The highest BCUT2D eigenvalue weighted by Gasteiger charge is 2.52. The van der Waals surface area contributed by atoms with E-state index in [0.717, 1.165) is 24.0 Å². The van der Waals surface area contributed by atoms with Gasteiger partial charge in [0.15, 0.2) is 0 Å². The van der Waals surface area contributed by atoms with Crippen LogP contribution in [0.5, 0.6) is 0 Å². The number of para-hydroxylation sites is 1. The number of benzene rings is 3. The first-order valence-corrected chi connectivity index (χ1v) is 17.5. The fourth-order valence-corrected chi connectivity index (χ4v) is 8.55. The molecule has 0 bridgehead atoms. The summed E-state index contributed by atoms with van der Waals surface area (Å²) in [6, 6.07) is 19.1. The van der Waals surface area contributed by atoms with E-state index in [1.165, 1.54) is 22.5 Å². The normalized spacial score (nSPS) is 23.8. The molecule has 3 fully saturated rings. The summed E-state index contributed by atoms with van der Waals surface area (Å²) in [6.07, 6.45) is 1.09. The third kappa shape index (κ3) is 6.28. The maximum Gasteiger partial charge on any atom is 0.253 e. The summed E-state index contributed by atoms with van der Waals surface area (Å²) in [5.74, 6) is -0.487. The van der Waals surface area contributed by atoms with Crippen LogP contribution in [-0.2, 0) is 19.6 Å². The average molecular weight is 688 g/mol. The molecule has 0 unspecified atom stereocenters. The Morgan fingerprint density at radius 2 is 1.74 bits per heavy atom. The number of carbonyl (C=O) groups is 1. The Labute approximate surface area is 276 Å². The van der Waals surface area contributed by atoms with Gasteiger partial charge in [-0.05, 0) is 79.1 Å². The minimum atomic E-state index is -3.91. The molecule has 2 aliphatic carbocycles. The van der Waals surface area contributed by atoms with Gasteiger partial charge in [0.05, 0.1) is 29.6 Å². The number of hydrazine groups is 2. The largest absolute Gasteiger partial charge is 0.357 e. The third-order valence-corrected chi connectivity index (χ3v) is 11.7. The number of rotatable bonds is 11. The van der Waals surface area contributed by atoms with Crippen LogP contribution >= 0.6 is 23.2 Å². The third-order valence-electron chi connectivity index (χ3n) is 8.90. The molecule has 3 aromatic rings. The zero-order chi connectivity index (χ0) is 32.0. The van der Waals surface area contributed by atoms with Crippen LogP contribution in [0.1, 0.15) is 55.4 Å². The molecule has 242 valence electrons. The number of hydrazone groups is 1. The number of morpholine rings is 1. The monoisotopic (exact) mass is 686 g/mol. The maximum atomic E-state index is 15.4. The predicted octanol–water partition coefficient (Wildman–Crippen LogP) is 5.24. The van der Waals surface area contributed by atoms with Crippen molar-refractivity contribution >= 4 is 50.7 Å². The lowest BCUT2D eigenvalue weighted by molar-refractivity contribution is -0.179. The molecule has 7 rings (SSSR count). The van der Waals surface area contributed by atoms with Crippen LogP contribution in [-0.4, -0.2) is 49.0 Å². The Bertz CT molecular complexity index is 1760. The van der Waals surface area contributed by atoms with Crippen LogP contribution in [0, 0.1) is 11.7 Å². The van der Waals surface area contributed by atoms with Gasteiger partial charge in [-0.25, -0.2) is 18.3 Å². The number of sulfonamides is 1. The number of amides is 1. The number of anilines is 1. The van der Waals surface area contributed by atoms with Crippen LogP contribution in [0.3, 0.4) is 0 Å². The lowest BCUT2D eigenvalue weighted by atomic mass is 9.89. The molecular weight excluding hydrogens is 654 g/mol. The minimum Gasteiger partial charge on any atom is -0.357 e. The van der Waals surface area contributed by atoms with Gasteiger partial charge in [-0.15, -0.1) is 10.6 Å². The number of nitrogens with zero attached hydrogens (tertiary/aromatic N) is 3. The van der Waals surface area contributed by atoms with Crippen LogP contribution in [0.4, 0.5) is 10.1 Å². The van der Waals surface area contributed by atoms with E-state index in [9.17, 15) is 13.2 Å². The Morgan fingerprint density at radius 1 is 0.978 bits per heavy atom. The molecule has 10 nitrogen and oxygen atoms in total. The van der Waals surface area contributed by atoms with Gasteiger partial charge < -0.3 is 9.64 Å². The summed E-state index contributed by atoms with van der Waals surface area (Å²) in [6.45, 7) is -0.0996. The summed E-state index contributed by atoms with van der Waals surface area (Å²) in [7, 11) is -3.91. The van der Waals surface area contributed by atoms with Crippen molar-refractivity contribution in [1.29, 1.82) is 0 Å². The van der Waals surface area contributed by atoms with E-state index in [2.05, 4.69) is 21.6 Å². The minimum absolute atomic E-state index is 0.00790. The lowest BCUT2D eigenvalue weighted by Crippen LogP contribution is -2.59. The second kappa shape index (κ2) is 12.6. The van der Waals surface area contributed by atoms with Crippen molar-refractivity contribution in [1.82, 2.24) is 21.4 Å². The van der Waals surface area contributed by atoms with Crippen LogP contribution in [0.15, 0.2) is 77.9 Å². The maximum absolute atomic E-state index is 15.4. The first-order valence-electron chi connectivity index (χ1n) is 15.3. The van der Waals surface area contributed by atoms with Gasteiger partial charge in [0.25, 0.3) is 5.91 Å². The number of halogens is 3. The Hall–Kier alpha value is -3.42. The molecule has 2 saturated carbocycles. The number of hydrogen-bond donors (Lipinski definition) is 3. The van der Waals surface area contributed by atoms with Crippen molar-refractivity contribution in [3.05, 3.63) is 99.8 Å². The van der Waals surface area contributed by atoms with Crippen LogP contribution < -0.4 is 20.8 Å². The molecule has 14 heteroatoms. The SMILES string of the molecule is O=C1[C@@H](CC2=NNNN2)O[C@H](c2cccc(Cl)c2)[C@@H](c2ccc(Cl)cc2)N1[C@H](CN(c1ccccc1F)S(=O)(=O)C1CC1)C1CC1. The van der Waals surface area contributed by atoms with Gasteiger partial charge in [0.1, 0.15) is 23.9 Å². The molecule has 4 aliphatic rings. The standard InChI is InChI=1S/C32H33Cl2FN6O4S/c33-22-12-10-20(11-13-22)30-31(21-4-3-5-23(34)16-21)45-28(17-29-36-38-39-37-29)32(42)41(30)27(19-8-9-19)18-40(46(43,44)24-14-15-24)26-7-2-1-6-25(26)35/h1-7,10-13,16,19,24,27-28,30-31,38-39H,8-9,14-15,17-18H2,(H,36,37)/t27-,28-,30-,31-/m1/s1. The summed E-state index contributed by atoms with van der Waals surface area (Å²) < 4.78 is 51.1. The smallest absolute Gasteiger partial charge is 0.253 e. The average Bonchev–Trinajstić information content (AvgIpc) is 3.98. The fourth-order valence-electron chi connectivity index (χ4n) is 6.35. The van der Waals surface area contributed by atoms with E-state index in [0.29, 0.717) is 28.7 Å². The molecule has 1 saturated heterocycles. The number of amidine groups is 1. The molecule has 3 aromatic carbocycles. The van der Waals surface area contributed by atoms with E-state index in [4.69, 9.17) is 27.9 Å². The van der Waals surface area contributed by atoms with Crippen molar-refractivity contribution in [2.45, 2.75) is 61.6 Å². The van der Waals surface area contributed by atoms with E-state index in [1.54, 1.807) is 29.2 Å². The fraction of sp³-hybridized carbons (Fsp3) is 0.375. The summed E-state index contributed by atoms with van der Waals surface area (Å²) in [5, 5.41) is 4.61. The van der Waals surface area contributed by atoms with Crippen molar-refractivity contribution in [3.63, 3.8) is 0 Å². The van der Waals surface area contributed by atoms with Gasteiger partial charge in [-0.2, -0.15) is 0 Å². The highest BCUT2D eigenvalue weighted by molar-refractivity contribution is 7.93. The van der Waals surface area contributed by atoms with Gasteiger partial charge >= 0.3 is 0 Å². The van der Waals surface area contributed by atoms with Gasteiger partial charge in [0, 0.05) is 16.5 Å². The number of carbonyl (C=O) groups excluding carboxylic acids is 1. The Kier molecular flexibility index (Phi) is 8.58. The molecular formula is C32H33Cl2FN6O4S. The topological polar surface area (TPSA) is 115 Å². The summed E-state index contributed by atoms with van der Waals surface area (Å²) in [4.78, 5) is 16.5. The van der Waals surface area contributed by atoms with E-state index in [-0.39, 0.29) is 30.5 Å². The predicted molar refractivity (Wildman–Crippen MR) is 174 cm³/mol. The quantitative estimate of drug-likeness (QED) is 0.253. The molecule has 0 spiro atoms. The van der Waals surface area contributed by atoms with Crippen LogP contribution in [0.2, 0.25) is 10.0 Å². The lowest BCUT2D eigenvalue weighted by Gasteiger charge is -2.49. The number of hydrogen-bond acceptors (Lipinski definition) is 8. The highest BCUT2D eigenvalue weighted by Crippen LogP contribution is 2.49. The van der Waals surface area contributed by atoms with Crippen molar-refractivity contribution < 1.29 is 22.3 Å². The zero-order valence-corrected chi connectivity index (χ0v) is 27.0.